The van der Waals surface area contributed by atoms with Gasteiger partial charge in [0.1, 0.15) is 0 Å². The molecule has 0 saturated carbocycles. The van der Waals surface area contributed by atoms with Crippen LogP contribution in [0.25, 0.3) is 0 Å². The molecule has 4 aromatic rings. The number of nitrogens with one attached hydrogen (secondary N) is 1. The molecule has 2 aliphatic heterocycles. The third-order valence-electron chi connectivity index (χ3n) is 9.55. The van der Waals surface area contributed by atoms with Gasteiger partial charge in [0.2, 0.25) is 0 Å². The number of hydrogen-bond donors (Lipinski definition) is 1. The van der Waals surface area contributed by atoms with E-state index in [1.54, 1.807) is 0 Å². The molecule has 45 heavy (non-hydrogen) atoms. The number of nitrogens with zero attached hydrogens (tertiary/aromatic N) is 6. The third-order valence-corrected chi connectivity index (χ3v) is 9.55. The molecule has 0 spiro atoms. The largest absolute Gasteiger partial charge is 0.315 e. The summed E-state index contributed by atoms with van der Waals surface area (Å²) in [6, 6.07) is 12.9. The first-order valence-electron chi connectivity index (χ1n) is 16.6. The van der Waals surface area contributed by atoms with Crippen LogP contribution in [0.3, 0.4) is 0 Å². The lowest BCUT2D eigenvalue weighted by Crippen LogP contribution is -2.35. The zero-order valence-electron chi connectivity index (χ0n) is 27.8. The molecule has 0 fully saturated rings. The van der Waals surface area contributed by atoms with Crippen molar-refractivity contribution in [3.05, 3.63) is 124 Å². The molecule has 1 N–H and O–H groups in total. The first-order valence-corrected chi connectivity index (χ1v) is 16.6. The summed E-state index contributed by atoms with van der Waals surface area (Å²) in [5, 5.41) is 3.76. The molecule has 0 saturated heterocycles. The van der Waals surface area contributed by atoms with Crippen LogP contribution in [-0.2, 0) is 32.7 Å². The Morgan fingerprint density at radius 2 is 0.867 bits per heavy atom. The highest BCUT2D eigenvalue weighted by Crippen LogP contribution is 2.30. The lowest BCUT2D eigenvalue weighted by atomic mass is 9.88. The van der Waals surface area contributed by atoms with Crippen molar-refractivity contribution >= 4 is 0 Å². The van der Waals surface area contributed by atoms with E-state index in [0.717, 1.165) is 84.8 Å². The van der Waals surface area contributed by atoms with Crippen molar-refractivity contribution in [2.75, 3.05) is 39.3 Å². The molecule has 0 atom stereocenters. The quantitative estimate of drug-likeness (QED) is 0.290. The topological polar surface area (TPSA) is 60.4 Å². The Labute approximate surface area is 270 Å². The highest BCUT2D eigenvalue weighted by atomic mass is 15.2. The van der Waals surface area contributed by atoms with Gasteiger partial charge < -0.3 is 5.32 Å². The number of fused-ring (bicyclic) bond motifs is 15. The molecule has 0 aliphatic carbocycles. The van der Waals surface area contributed by atoms with Gasteiger partial charge in [0.05, 0.1) is 0 Å². The minimum absolute atomic E-state index is 0.923. The Kier molecular flexibility index (Phi) is 12.2. The summed E-state index contributed by atoms with van der Waals surface area (Å²) in [4.78, 5) is 20.6. The number of aromatic nitrogens is 3. The number of hydrogen-bond acceptors (Lipinski definition) is 7. The van der Waals surface area contributed by atoms with E-state index in [9.17, 15) is 0 Å². The third kappa shape index (κ3) is 9.50. The van der Waals surface area contributed by atoms with Crippen LogP contribution in [0.15, 0.2) is 73.6 Å². The van der Waals surface area contributed by atoms with Gasteiger partial charge in [-0.3, -0.25) is 29.7 Å². The zero-order valence-corrected chi connectivity index (χ0v) is 27.8. The normalized spacial score (nSPS) is 16.8. The number of rotatable bonds is 6. The summed E-state index contributed by atoms with van der Waals surface area (Å²) in [7, 11) is 0. The number of pyridine rings is 3. The standard InChI is InChI=1S/C38H51N7/c1-30-32(3)38-29-45(27-36-11-18-42-19-12-36)23-6-22-43(25-34-7-14-40-15-8-34)24-20-39-13-5-21-44(26-35-9-16-41-17-10-35)28-37(30)31(2)33(38)4/h7-12,14-19,39H,5-6,13,20-29H2,1-4H3. The van der Waals surface area contributed by atoms with Crippen LogP contribution in [0.2, 0.25) is 0 Å². The van der Waals surface area contributed by atoms with E-state index in [1.165, 1.54) is 50.1 Å². The minimum Gasteiger partial charge on any atom is -0.315 e. The Morgan fingerprint density at radius 3 is 1.31 bits per heavy atom. The Bertz CT molecular complexity index is 1430. The summed E-state index contributed by atoms with van der Waals surface area (Å²) in [5.41, 5.74) is 12.7. The van der Waals surface area contributed by atoms with Crippen LogP contribution in [0.4, 0.5) is 0 Å². The lowest BCUT2D eigenvalue weighted by Gasteiger charge is -2.30. The predicted molar refractivity (Wildman–Crippen MR) is 184 cm³/mol. The summed E-state index contributed by atoms with van der Waals surface area (Å²) in [6.45, 7) is 20.3. The molecule has 6 rings (SSSR count). The van der Waals surface area contributed by atoms with Crippen molar-refractivity contribution in [3.63, 3.8) is 0 Å². The molecular formula is C38H51N7. The molecule has 0 unspecified atom stereocenters. The minimum atomic E-state index is 0.923. The van der Waals surface area contributed by atoms with E-state index in [0.29, 0.717) is 0 Å². The van der Waals surface area contributed by atoms with Gasteiger partial charge in [-0.25, -0.2) is 0 Å². The molecule has 3 aromatic heterocycles. The van der Waals surface area contributed by atoms with Crippen LogP contribution in [0.5, 0.6) is 0 Å². The van der Waals surface area contributed by atoms with Gasteiger partial charge >= 0.3 is 0 Å². The molecule has 2 bridgehead atoms. The van der Waals surface area contributed by atoms with Crippen molar-refractivity contribution in [1.82, 2.24) is 35.0 Å². The molecule has 0 amide bonds. The SMILES string of the molecule is Cc1c(C)c2c(C)c(C)c1CN(Cc1ccncc1)CCCNCCN(Cc1ccncc1)CCCN(Cc1ccncc1)C2. The molecule has 7 heteroatoms. The van der Waals surface area contributed by atoms with E-state index in [-0.39, 0.29) is 0 Å². The van der Waals surface area contributed by atoms with Gasteiger partial charge in [0.15, 0.2) is 0 Å². The maximum absolute atomic E-state index is 4.27. The van der Waals surface area contributed by atoms with Crippen molar-refractivity contribution in [2.45, 2.75) is 73.3 Å². The average Bonchev–Trinajstić information content (AvgIpc) is 3.06. The van der Waals surface area contributed by atoms with Crippen LogP contribution in [0, 0.1) is 27.7 Å². The number of benzene rings is 1. The highest BCUT2D eigenvalue weighted by molar-refractivity contribution is 5.50. The fourth-order valence-electron chi connectivity index (χ4n) is 6.63. The zero-order chi connectivity index (χ0) is 31.4. The first kappa shape index (κ1) is 32.9. The Balaban J connectivity index is 1.43. The van der Waals surface area contributed by atoms with E-state index in [4.69, 9.17) is 0 Å². The summed E-state index contributed by atoms with van der Waals surface area (Å²) in [5.74, 6) is 0. The molecule has 238 valence electrons. The van der Waals surface area contributed by atoms with E-state index < -0.39 is 0 Å². The predicted octanol–water partition coefficient (Wildman–Crippen LogP) is 6.00. The maximum Gasteiger partial charge on any atom is 0.0271 e. The molecule has 0 radical (unpaired) electrons. The fraction of sp³-hybridized carbons (Fsp3) is 0.447. The van der Waals surface area contributed by atoms with Crippen molar-refractivity contribution in [2.24, 2.45) is 0 Å². The summed E-state index contributed by atoms with van der Waals surface area (Å²) < 4.78 is 0. The van der Waals surface area contributed by atoms with Gasteiger partial charge in [-0.05, 0) is 140 Å². The van der Waals surface area contributed by atoms with Crippen LogP contribution in [-0.4, -0.2) is 68.9 Å². The monoisotopic (exact) mass is 605 g/mol. The van der Waals surface area contributed by atoms with E-state index in [2.05, 4.69) is 99.1 Å². The first-order chi connectivity index (χ1) is 22.0. The second-order valence-corrected chi connectivity index (χ2v) is 12.7. The van der Waals surface area contributed by atoms with Crippen LogP contribution < -0.4 is 5.32 Å². The average molecular weight is 606 g/mol. The van der Waals surface area contributed by atoms with Gasteiger partial charge in [-0.2, -0.15) is 0 Å². The second-order valence-electron chi connectivity index (χ2n) is 12.7. The van der Waals surface area contributed by atoms with Crippen molar-refractivity contribution < 1.29 is 0 Å². The molecule has 7 nitrogen and oxygen atoms in total. The fourth-order valence-corrected chi connectivity index (χ4v) is 6.63. The Hall–Kier alpha value is -3.49. The smallest absolute Gasteiger partial charge is 0.0271 e. The lowest BCUT2D eigenvalue weighted by molar-refractivity contribution is 0.210. The van der Waals surface area contributed by atoms with Crippen molar-refractivity contribution in [3.8, 4) is 0 Å². The maximum atomic E-state index is 4.27. The van der Waals surface area contributed by atoms with E-state index in [1.807, 2.05) is 37.2 Å². The van der Waals surface area contributed by atoms with Crippen molar-refractivity contribution in [1.29, 1.82) is 0 Å². The van der Waals surface area contributed by atoms with E-state index >= 15 is 0 Å². The molecule has 5 heterocycles. The van der Waals surface area contributed by atoms with Gasteiger partial charge in [-0.15, -0.1) is 0 Å². The summed E-state index contributed by atoms with van der Waals surface area (Å²) >= 11 is 0. The molecule has 1 aromatic carbocycles. The molecule has 2 aliphatic rings. The second kappa shape index (κ2) is 16.7. The van der Waals surface area contributed by atoms with Crippen LogP contribution in [0.1, 0.15) is 62.9 Å². The highest BCUT2D eigenvalue weighted by Gasteiger charge is 2.20. The van der Waals surface area contributed by atoms with Gasteiger partial charge in [0, 0.05) is 96.1 Å². The summed E-state index contributed by atoms with van der Waals surface area (Å²) in [6.07, 6.45) is 13.7. The molecular weight excluding hydrogens is 554 g/mol. The Morgan fingerprint density at radius 1 is 0.489 bits per heavy atom. The van der Waals surface area contributed by atoms with Gasteiger partial charge in [-0.1, -0.05) is 0 Å². The van der Waals surface area contributed by atoms with Crippen LogP contribution >= 0.6 is 0 Å². The van der Waals surface area contributed by atoms with Gasteiger partial charge in [0.25, 0.3) is 0 Å².